The van der Waals surface area contributed by atoms with Crippen LogP contribution in [0.25, 0.3) is 27.5 Å². The average Bonchev–Trinajstić information content (AvgIpc) is 3.32. The number of hydrogen-bond donors (Lipinski definition) is 1. The molecule has 1 saturated carbocycles. The highest BCUT2D eigenvalue weighted by atomic mass is 16.5. The summed E-state index contributed by atoms with van der Waals surface area (Å²) in [5.41, 5.74) is 3.94. The Bertz CT molecular complexity index is 1320. The minimum Gasteiger partial charge on any atom is -0.480 e. The zero-order valence-corrected chi connectivity index (χ0v) is 20.4. The van der Waals surface area contributed by atoms with Crippen molar-refractivity contribution < 1.29 is 4.74 Å². The smallest absolute Gasteiger partial charge is 0.241 e. The summed E-state index contributed by atoms with van der Waals surface area (Å²) in [6, 6.07) is 9.35. The van der Waals surface area contributed by atoms with Crippen molar-refractivity contribution in [3.05, 3.63) is 43.0 Å². The van der Waals surface area contributed by atoms with Crippen molar-refractivity contribution in [1.82, 2.24) is 34.4 Å². The lowest BCUT2D eigenvalue weighted by Gasteiger charge is -2.41. The summed E-state index contributed by atoms with van der Waals surface area (Å²) in [6.07, 6.45) is 10.2. The van der Waals surface area contributed by atoms with Crippen LogP contribution in [0.5, 0.6) is 5.88 Å². The summed E-state index contributed by atoms with van der Waals surface area (Å²) in [5, 5.41) is 9.23. The zero-order chi connectivity index (χ0) is 23.8. The van der Waals surface area contributed by atoms with E-state index in [-0.39, 0.29) is 0 Å². The second-order valence-electron chi connectivity index (χ2n) is 9.74. The van der Waals surface area contributed by atoms with Gasteiger partial charge in [0.1, 0.15) is 6.33 Å². The van der Waals surface area contributed by atoms with Gasteiger partial charge < -0.3 is 15.0 Å². The molecule has 0 bridgehead atoms. The van der Waals surface area contributed by atoms with Crippen LogP contribution < -0.4 is 10.1 Å². The number of ether oxygens (including phenoxy) is 1. The molecule has 1 aliphatic carbocycles. The van der Waals surface area contributed by atoms with Crippen molar-refractivity contribution in [2.45, 2.75) is 37.8 Å². The van der Waals surface area contributed by atoms with Crippen LogP contribution in [0.1, 0.15) is 25.7 Å². The lowest BCUT2D eigenvalue weighted by Crippen LogP contribution is -2.50. The van der Waals surface area contributed by atoms with Crippen LogP contribution in [0.15, 0.2) is 43.0 Å². The molecule has 6 rings (SSSR count). The van der Waals surface area contributed by atoms with E-state index in [2.05, 4.69) is 55.3 Å². The molecule has 1 saturated heterocycles. The first-order valence-electron chi connectivity index (χ1n) is 12.5. The molecule has 0 atom stereocenters. The van der Waals surface area contributed by atoms with Crippen LogP contribution in [-0.4, -0.2) is 86.8 Å². The molecule has 1 aromatic carbocycles. The highest BCUT2D eigenvalue weighted by molar-refractivity contribution is 5.91. The number of fused-ring (bicyclic) bond motifs is 2. The monoisotopic (exact) mass is 472 g/mol. The molecule has 4 heterocycles. The van der Waals surface area contributed by atoms with Gasteiger partial charge >= 0.3 is 0 Å². The highest BCUT2D eigenvalue weighted by Crippen LogP contribution is 2.31. The molecule has 182 valence electrons. The summed E-state index contributed by atoms with van der Waals surface area (Å²) in [6.45, 7) is 4.77. The van der Waals surface area contributed by atoms with Crippen molar-refractivity contribution in [2.75, 3.05) is 45.7 Å². The SMILES string of the molecule is COc1ncnc2ccc(-c3ccn4nc(N[C@H]5CC[C@H](N6CCN(C)CC6)CC5)ncc34)cc12. The van der Waals surface area contributed by atoms with Crippen LogP contribution in [0.4, 0.5) is 5.95 Å². The molecule has 0 spiro atoms. The Hall–Kier alpha value is -3.30. The quantitative estimate of drug-likeness (QED) is 0.474. The Labute approximate surface area is 205 Å². The standard InChI is InChI=1S/C26H32N8O/c1-32-11-13-33(14-12-32)20-6-4-19(5-7-20)30-26-27-16-24-21(9-10-34(24)31-26)18-3-8-23-22(15-18)25(35-2)29-17-28-23/h3,8-10,15-17,19-20H,4-7,11-14H2,1-2H3,(H,30,31)/t19-,20-. The predicted octanol–water partition coefficient (Wildman–Crippen LogP) is 3.32. The summed E-state index contributed by atoms with van der Waals surface area (Å²) in [7, 11) is 3.85. The zero-order valence-electron chi connectivity index (χ0n) is 20.4. The molecule has 9 heteroatoms. The molecule has 35 heavy (non-hydrogen) atoms. The molecule has 4 aromatic rings. The highest BCUT2D eigenvalue weighted by Gasteiger charge is 2.28. The lowest BCUT2D eigenvalue weighted by molar-refractivity contribution is 0.0893. The third kappa shape index (κ3) is 4.41. The van der Waals surface area contributed by atoms with Crippen molar-refractivity contribution in [3.8, 4) is 17.0 Å². The van der Waals surface area contributed by atoms with Crippen molar-refractivity contribution in [3.63, 3.8) is 0 Å². The Morgan fingerprint density at radius 1 is 0.971 bits per heavy atom. The van der Waals surface area contributed by atoms with Gasteiger partial charge in [0.05, 0.1) is 29.7 Å². The van der Waals surface area contributed by atoms with E-state index in [0.29, 0.717) is 17.9 Å². The topological polar surface area (TPSA) is 83.7 Å². The number of hydrogen-bond acceptors (Lipinski definition) is 8. The van der Waals surface area contributed by atoms with Gasteiger partial charge in [-0.15, -0.1) is 5.10 Å². The first-order valence-corrected chi connectivity index (χ1v) is 12.5. The van der Waals surface area contributed by atoms with Crippen LogP contribution in [0.2, 0.25) is 0 Å². The van der Waals surface area contributed by atoms with Crippen LogP contribution in [0.3, 0.4) is 0 Å². The van der Waals surface area contributed by atoms with E-state index >= 15 is 0 Å². The van der Waals surface area contributed by atoms with E-state index in [1.54, 1.807) is 7.11 Å². The van der Waals surface area contributed by atoms with Crippen LogP contribution in [0, 0.1) is 0 Å². The van der Waals surface area contributed by atoms with Gasteiger partial charge in [0, 0.05) is 50.0 Å². The summed E-state index contributed by atoms with van der Waals surface area (Å²) in [4.78, 5) is 18.4. The number of aromatic nitrogens is 5. The van der Waals surface area contributed by atoms with E-state index in [9.17, 15) is 0 Å². The normalized spacial score (nSPS) is 22.0. The molecule has 0 radical (unpaired) electrons. The maximum absolute atomic E-state index is 5.43. The number of nitrogens with zero attached hydrogens (tertiary/aromatic N) is 7. The Kier molecular flexibility index (Phi) is 5.95. The second-order valence-corrected chi connectivity index (χ2v) is 9.74. The van der Waals surface area contributed by atoms with Gasteiger partial charge in [0.2, 0.25) is 11.8 Å². The van der Waals surface area contributed by atoms with Crippen LogP contribution >= 0.6 is 0 Å². The van der Waals surface area contributed by atoms with E-state index < -0.39 is 0 Å². The Balaban J connectivity index is 1.15. The van der Waals surface area contributed by atoms with Gasteiger partial charge in [-0.25, -0.2) is 19.5 Å². The van der Waals surface area contributed by atoms with Crippen molar-refractivity contribution >= 4 is 22.4 Å². The second kappa shape index (κ2) is 9.39. The van der Waals surface area contributed by atoms with Gasteiger partial charge in [-0.05, 0) is 56.5 Å². The van der Waals surface area contributed by atoms with E-state index in [1.165, 1.54) is 45.3 Å². The van der Waals surface area contributed by atoms with E-state index in [0.717, 1.165) is 46.4 Å². The fourth-order valence-corrected chi connectivity index (χ4v) is 5.53. The maximum Gasteiger partial charge on any atom is 0.241 e. The average molecular weight is 473 g/mol. The van der Waals surface area contributed by atoms with Crippen LogP contribution in [-0.2, 0) is 0 Å². The van der Waals surface area contributed by atoms with Gasteiger partial charge in [-0.3, -0.25) is 4.90 Å². The van der Waals surface area contributed by atoms with Gasteiger partial charge in [-0.2, -0.15) is 0 Å². The third-order valence-corrected chi connectivity index (χ3v) is 7.60. The number of likely N-dealkylation sites (N-methyl/N-ethyl adjacent to an activating group) is 1. The molecule has 1 N–H and O–H groups in total. The van der Waals surface area contributed by atoms with Crippen molar-refractivity contribution in [1.29, 1.82) is 0 Å². The predicted molar refractivity (Wildman–Crippen MR) is 137 cm³/mol. The first-order chi connectivity index (χ1) is 17.2. The third-order valence-electron chi connectivity index (χ3n) is 7.60. The number of benzene rings is 1. The first kappa shape index (κ1) is 22.2. The molecule has 1 aliphatic heterocycles. The summed E-state index contributed by atoms with van der Waals surface area (Å²) < 4.78 is 7.33. The molecule has 2 aliphatic rings. The number of rotatable bonds is 5. The molecular weight excluding hydrogens is 440 g/mol. The molecular formula is C26H32N8O. The number of methoxy groups -OCH3 is 1. The molecule has 2 fully saturated rings. The van der Waals surface area contributed by atoms with Gasteiger partial charge in [0.25, 0.3) is 0 Å². The fourth-order valence-electron chi connectivity index (χ4n) is 5.53. The molecule has 0 unspecified atom stereocenters. The molecule has 9 nitrogen and oxygen atoms in total. The lowest BCUT2D eigenvalue weighted by atomic mass is 9.90. The van der Waals surface area contributed by atoms with E-state index in [4.69, 9.17) is 9.84 Å². The fraction of sp³-hybridized carbons (Fsp3) is 0.462. The minimum absolute atomic E-state index is 0.430. The maximum atomic E-state index is 5.43. The Morgan fingerprint density at radius 2 is 1.80 bits per heavy atom. The largest absolute Gasteiger partial charge is 0.480 e. The summed E-state index contributed by atoms with van der Waals surface area (Å²) in [5.74, 6) is 1.27. The van der Waals surface area contributed by atoms with Gasteiger partial charge in [-0.1, -0.05) is 6.07 Å². The summed E-state index contributed by atoms with van der Waals surface area (Å²) >= 11 is 0. The number of anilines is 1. The minimum atomic E-state index is 0.430. The number of piperazine rings is 1. The Morgan fingerprint density at radius 3 is 2.60 bits per heavy atom. The van der Waals surface area contributed by atoms with E-state index in [1.807, 2.05) is 23.0 Å². The molecule has 3 aromatic heterocycles. The number of nitrogens with one attached hydrogen (secondary N) is 1. The van der Waals surface area contributed by atoms with Gasteiger partial charge in [0.15, 0.2) is 0 Å². The van der Waals surface area contributed by atoms with Crippen molar-refractivity contribution in [2.24, 2.45) is 0 Å². The molecule has 0 amide bonds.